The van der Waals surface area contributed by atoms with Gasteiger partial charge in [0.05, 0.1) is 31.8 Å². The lowest BCUT2D eigenvalue weighted by atomic mass is 9.96. The number of alkyl carbamates (subject to hydrolysis) is 2. The summed E-state index contributed by atoms with van der Waals surface area (Å²) in [6, 6.07) is 15.8. The van der Waals surface area contributed by atoms with Gasteiger partial charge in [-0.3, -0.25) is 9.59 Å². The molecule has 12 nitrogen and oxygen atoms in total. The van der Waals surface area contributed by atoms with Crippen molar-refractivity contribution in [2.45, 2.75) is 85.0 Å². The predicted octanol–water partition coefficient (Wildman–Crippen LogP) is 7.81. The number of hydrogen-bond donors (Lipinski definition) is 3. The van der Waals surface area contributed by atoms with E-state index in [-0.39, 0.29) is 35.7 Å². The maximum atomic E-state index is 13.8. The van der Waals surface area contributed by atoms with E-state index in [9.17, 15) is 19.2 Å². The lowest BCUT2D eigenvalue weighted by Crippen LogP contribution is -2.52. The number of thiophene rings is 1. The molecule has 2 saturated heterocycles. The van der Waals surface area contributed by atoms with Crippen LogP contribution in [-0.4, -0.2) is 89.2 Å². The van der Waals surface area contributed by atoms with Crippen LogP contribution in [0.2, 0.25) is 0 Å². The van der Waals surface area contributed by atoms with Crippen molar-refractivity contribution in [3.63, 3.8) is 0 Å². The normalized spacial score (nSPS) is 21.5. The van der Waals surface area contributed by atoms with E-state index in [1.165, 1.54) is 30.9 Å². The molecule has 1 aliphatic carbocycles. The Morgan fingerprint density at radius 2 is 1.32 bits per heavy atom. The number of H-pyrrole nitrogens is 1. The first kappa shape index (κ1) is 40.0. The Morgan fingerprint density at radius 1 is 0.772 bits per heavy atom. The topological polar surface area (TPSA) is 146 Å². The molecule has 0 spiro atoms. The highest BCUT2D eigenvalue weighted by Crippen LogP contribution is 2.40. The van der Waals surface area contributed by atoms with Crippen LogP contribution in [0.25, 0.3) is 38.0 Å². The van der Waals surface area contributed by atoms with Gasteiger partial charge in [-0.25, -0.2) is 14.6 Å². The van der Waals surface area contributed by atoms with Crippen LogP contribution in [0.5, 0.6) is 0 Å². The van der Waals surface area contributed by atoms with Gasteiger partial charge < -0.3 is 34.9 Å². The fourth-order valence-corrected chi connectivity index (χ4v) is 9.67. The van der Waals surface area contributed by atoms with E-state index in [1.807, 2.05) is 37.5 Å². The van der Waals surface area contributed by atoms with Crippen molar-refractivity contribution in [2.24, 2.45) is 23.7 Å². The predicted molar refractivity (Wildman–Crippen MR) is 222 cm³/mol. The van der Waals surface area contributed by atoms with Crippen molar-refractivity contribution in [2.75, 3.05) is 27.3 Å². The first-order valence-electron chi connectivity index (χ1n) is 20.0. The fraction of sp³-hybridized carbons (Fsp3) is 0.477. The van der Waals surface area contributed by atoms with E-state index in [0.29, 0.717) is 24.9 Å². The number of amides is 4. The minimum absolute atomic E-state index is 0.0126. The lowest BCUT2D eigenvalue weighted by Gasteiger charge is -2.31. The summed E-state index contributed by atoms with van der Waals surface area (Å²) in [6.07, 6.45) is 3.50. The van der Waals surface area contributed by atoms with E-state index in [1.54, 1.807) is 11.3 Å². The minimum atomic E-state index is -0.687. The summed E-state index contributed by atoms with van der Waals surface area (Å²) >= 11 is 1.62. The number of carbonyl (C=O) groups excluding carboxylic acids is 4. The molecule has 57 heavy (non-hydrogen) atoms. The van der Waals surface area contributed by atoms with E-state index in [4.69, 9.17) is 14.5 Å². The Hall–Kier alpha value is -5.17. The molecule has 4 amide bonds. The third-order valence-corrected chi connectivity index (χ3v) is 12.8. The van der Waals surface area contributed by atoms with Crippen molar-refractivity contribution in [3.05, 3.63) is 71.1 Å². The van der Waals surface area contributed by atoms with Crippen LogP contribution in [0.4, 0.5) is 9.59 Å². The van der Waals surface area contributed by atoms with Gasteiger partial charge in [0.2, 0.25) is 11.8 Å². The largest absolute Gasteiger partial charge is 0.453 e. The third-order valence-electron chi connectivity index (χ3n) is 11.7. The van der Waals surface area contributed by atoms with Gasteiger partial charge in [-0.05, 0) is 82.4 Å². The highest BCUT2D eigenvalue weighted by atomic mass is 32.1. The number of fused-ring (bicyclic) bond motifs is 2. The number of aromatic nitrogens is 2. The fourth-order valence-electron chi connectivity index (χ4n) is 8.67. The second kappa shape index (κ2) is 16.4. The summed E-state index contributed by atoms with van der Waals surface area (Å²) < 4.78 is 9.60. The Balaban J connectivity index is 1.03. The second-order valence-corrected chi connectivity index (χ2v) is 17.8. The number of likely N-dealkylation sites (tertiary alicyclic amines) is 2. The van der Waals surface area contributed by atoms with Gasteiger partial charge in [0.15, 0.2) is 0 Å². The molecular formula is C44H54N6O6S. The van der Waals surface area contributed by atoms with Gasteiger partial charge in [0.1, 0.15) is 22.7 Å². The van der Waals surface area contributed by atoms with Gasteiger partial charge in [-0.1, -0.05) is 90.1 Å². The highest BCUT2D eigenvalue weighted by molar-refractivity contribution is 7.21. The van der Waals surface area contributed by atoms with E-state index < -0.39 is 24.3 Å². The van der Waals surface area contributed by atoms with Crippen molar-refractivity contribution < 1.29 is 28.7 Å². The molecule has 4 aromatic rings. The van der Waals surface area contributed by atoms with E-state index in [2.05, 4.69) is 84.1 Å². The summed E-state index contributed by atoms with van der Waals surface area (Å²) in [4.78, 5) is 65.9. The van der Waals surface area contributed by atoms with Gasteiger partial charge in [-0.2, -0.15) is 0 Å². The summed E-state index contributed by atoms with van der Waals surface area (Å²) in [5, 5.41) is 5.48. The maximum absolute atomic E-state index is 13.8. The molecule has 7 rings (SSSR count). The lowest BCUT2D eigenvalue weighted by molar-refractivity contribution is -0.136. The molecule has 3 N–H and O–H groups in total. The number of aromatic amines is 1. The summed E-state index contributed by atoms with van der Waals surface area (Å²) in [6.45, 7) is 13.3. The van der Waals surface area contributed by atoms with Crippen molar-refractivity contribution in [1.82, 2.24) is 30.4 Å². The molecule has 302 valence electrons. The number of methoxy groups -OCH3 is 2. The van der Waals surface area contributed by atoms with Crippen LogP contribution in [0.1, 0.15) is 77.4 Å². The number of ether oxygens (including phenoxy) is 2. The number of hydrogen-bond acceptors (Lipinski definition) is 8. The number of benzene rings is 2. The molecule has 0 bridgehead atoms. The van der Waals surface area contributed by atoms with E-state index in [0.717, 1.165) is 57.0 Å². The number of rotatable bonds is 10. The average Bonchev–Trinajstić information content (AvgIpc) is 4.02. The van der Waals surface area contributed by atoms with Crippen molar-refractivity contribution in [1.29, 1.82) is 0 Å². The molecule has 0 radical (unpaired) electrons. The summed E-state index contributed by atoms with van der Waals surface area (Å²) in [7, 11) is 2.61. The Bertz CT molecular complexity index is 2160. The van der Waals surface area contributed by atoms with Crippen LogP contribution >= 0.6 is 11.3 Å². The highest BCUT2D eigenvalue weighted by Gasteiger charge is 2.42. The molecule has 2 fully saturated rings. The number of imidazole rings is 1. The average molecular weight is 795 g/mol. The van der Waals surface area contributed by atoms with Crippen molar-refractivity contribution >= 4 is 51.8 Å². The molecule has 4 heterocycles. The number of nitrogens with zero attached hydrogens (tertiary/aromatic N) is 3. The third kappa shape index (κ3) is 8.17. The zero-order valence-corrected chi connectivity index (χ0v) is 34.9. The Morgan fingerprint density at radius 3 is 1.88 bits per heavy atom. The van der Waals surface area contributed by atoms with Crippen molar-refractivity contribution in [3.8, 4) is 21.6 Å². The first-order chi connectivity index (χ1) is 27.2. The van der Waals surface area contributed by atoms with E-state index >= 15 is 0 Å². The van der Waals surface area contributed by atoms with Crippen LogP contribution < -0.4 is 10.6 Å². The quantitative estimate of drug-likeness (QED) is 0.149. The first-order valence-corrected chi connectivity index (χ1v) is 20.8. The number of nitrogens with one attached hydrogen (secondary N) is 3. The zero-order valence-electron chi connectivity index (χ0n) is 34.0. The van der Waals surface area contributed by atoms with Crippen LogP contribution in [0.15, 0.2) is 54.1 Å². The standard InChI is InChI=1S/C44H54N6O6S/c1-23(2)37(46-43(53)55-7)41(51)49-21-25(5)15-34(49)32-18-30-14-13-29(17-31(30)19-32)27-9-11-28(12-10-27)36-20-33-40(57-36)48-39(45-33)35-16-26(6)22-50(35)42(52)38(24(3)4)47-44(54)56-8/h9-14,17-18,20,23-26,34-35,37-38H,15-16,19,21-22H2,1-8H3,(H,45,48)(H,46,53)(H,47,54)/t25-,26-,34-,35-,37-,38-/m0/s1. The Labute approximate surface area is 338 Å². The molecule has 2 aromatic carbocycles. The molecule has 0 unspecified atom stereocenters. The summed E-state index contributed by atoms with van der Waals surface area (Å²) in [5.41, 5.74) is 7.97. The van der Waals surface area contributed by atoms with Crippen LogP contribution in [0.3, 0.4) is 0 Å². The SMILES string of the molecule is COC(=O)N[C@H](C(=O)N1C[C@@H](C)C[C@H]1C1=Cc2ccc(-c3ccc(-c4cc5[nH]c([C@@H]6C[C@H](C)CN6C(=O)[C@@H](NC(=O)OC)C(C)C)nc5s4)cc3)cc2C1)C(C)C. The van der Waals surface area contributed by atoms with Gasteiger partial charge >= 0.3 is 12.2 Å². The summed E-state index contributed by atoms with van der Waals surface area (Å²) in [5.74, 6) is 1.05. The molecule has 13 heteroatoms. The van der Waals surface area contributed by atoms with Crippen LogP contribution in [-0.2, 0) is 25.5 Å². The molecule has 6 atom stereocenters. The molecule has 3 aliphatic rings. The van der Waals surface area contributed by atoms with Gasteiger partial charge in [-0.15, -0.1) is 11.3 Å². The van der Waals surface area contributed by atoms with Crippen LogP contribution in [0, 0.1) is 23.7 Å². The molecule has 2 aliphatic heterocycles. The zero-order chi connectivity index (χ0) is 40.7. The number of carbonyl (C=O) groups is 4. The molecular weight excluding hydrogens is 741 g/mol. The minimum Gasteiger partial charge on any atom is -0.453 e. The second-order valence-electron chi connectivity index (χ2n) is 16.7. The monoisotopic (exact) mass is 794 g/mol. The van der Waals surface area contributed by atoms with Gasteiger partial charge in [0.25, 0.3) is 0 Å². The Kier molecular flexibility index (Phi) is 11.5. The smallest absolute Gasteiger partial charge is 0.407 e. The molecule has 2 aromatic heterocycles. The molecule has 0 saturated carbocycles. The van der Waals surface area contributed by atoms with Gasteiger partial charge in [0, 0.05) is 18.0 Å². The maximum Gasteiger partial charge on any atom is 0.407 e.